The molecule has 0 aromatic heterocycles. The van der Waals surface area contributed by atoms with Crippen LogP contribution < -0.4 is 0 Å². The molecular formula is C69H108O6. The van der Waals surface area contributed by atoms with Crippen molar-refractivity contribution in [3.05, 3.63) is 158 Å². The van der Waals surface area contributed by atoms with Gasteiger partial charge >= 0.3 is 17.9 Å². The molecule has 0 saturated heterocycles. The Morgan fingerprint density at radius 2 is 0.533 bits per heavy atom. The minimum absolute atomic E-state index is 0.116. The van der Waals surface area contributed by atoms with Gasteiger partial charge in [0.2, 0.25) is 0 Å². The Labute approximate surface area is 460 Å². The average Bonchev–Trinajstić information content (AvgIpc) is 3.41. The topological polar surface area (TPSA) is 78.9 Å². The highest BCUT2D eigenvalue weighted by atomic mass is 16.6. The van der Waals surface area contributed by atoms with Crippen molar-refractivity contribution in [2.45, 2.75) is 245 Å². The van der Waals surface area contributed by atoms with Crippen LogP contribution in [0.15, 0.2) is 158 Å². The van der Waals surface area contributed by atoms with Gasteiger partial charge in [-0.3, -0.25) is 14.4 Å². The van der Waals surface area contributed by atoms with Crippen molar-refractivity contribution in [2.75, 3.05) is 13.2 Å². The molecule has 0 fully saturated rings. The molecule has 0 aromatic rings. The summed E-state index contributed by atoms with van der Waals surface area (Å²) in [5, 5.41) is 0. The van der Waals surface area contributed by atoms with Gasteiger partial charge in [0.25, 0.3) is 0 Å². The number of rotatable bonds is 52. The quantitative estimate of drug-likeness (QED) is 0.0261. The second kappa shape index (κ2) is 61.6. The minimum atomic E-state index is -0.825. The first-order valence-electron chi connectivity index (χ1n) is 30.0. The SMILES string of the molecule is CC/C=C\C/C=C\C/C=C\C/C=C\C/C=C\C/C=C\CCCCCCCCCCC(=O)OCC(COC(=O)CCCCCCC/C=C\C/C=C\CCC)OC(=O)CCC/C=C\C/C=C\C/C=C\C/C=C\C/C=C\CC. The lowest BCUT2D eigenvalue weighted by Gasteiger charge is -2.18. The van der Waals surface area contributed by atoms with Crippen LogP contribution in [-0.4, -0.2) is 37.2 Å². The molecule has 0 amide bonds. The maximum absolute atomic E-state index is 12.8. The van der Waals surface area contributed by atoms with Crippen LogP contribution in [0.5, 0.6) is 0 Å². The van der Waals surface area contributed by atoms with Crippen molar-refractivity contribution >= 4 is 17.9 Å². The Hall–Kier alpha value is -4.97. The maximum Gasteiger partial charge on any atom is 0.306 e. The number of hydrogen-bond donors (Lipinski definition) is 0. The molecule has 1 unspecified atom stereocenters. The zero-order valence-electron chi connectivity index (χ0n) is 48.0. The van der Waals surface area contributed by atoms with Crippen LogP contribution in [0, 0.1) is 0 Å². The Balaban J connectivity index is 4.44. The molecule has 0 bridgehead atoms. The van der Waals surface area contributed by atoms with Crippen LogP contribution in [-0.2, 0) is 28.6 Å². The summed E-state index contributed by atoms with van der Waals surface area (Å²) in [6, 6.07) is 0. The van der Waals surface area contributed by atoms with Gasteiger partial charge in [0, 0.05) is 19.3 Å². The van der Waals surface area contributed by atoms with E-state index in [2.05, 4.69) is 179 Å². The molecule has 1 atom stereocenters. The number of allylic oxidation sites excluding steroid dienone is 26. The number of ether oxygens (including phenoxy) is 3. The van der Waals surface area contributed by atoms with Crippen LogP contribution in [0.1, 0.15) is 239 Å². The summed E-state index contributed by atoms with van der Waals surface area (Å²) >= 11 is 0. The van der Waals surface area contributed by atoms with E-state index in [1.54, 1.807) is 0 Å². The highest BCUT2D eigenvalue weighted by Gasteiger charge is 2.19. The van der Waals surface area contributed by atoms with Gasteiger partial charge in [-0.25, -0.2) is 0 Å². The van der Waals surface area contributed by atoms with Crippen molar-refractivity contribution in [1.29, 1.82) is 0 Å². The Morgan fingerprint density at radius 1 is 0.280 bits per heavy atom. The molecule has 0 heterocycles. The van der Waals surface area contributed by atoms with E-state index in [-0.39, 0.29) is 37.5 Å². The molecule has 0 aliphatic carbocycles. The average molecular weight is 1030 g/mol. The summed E-state index contributed by atoms with van der Waals surface area (Å²) in [7, 11) is 0. The minimum Gasteiger partial charge on any atom is -0.462 e. The molecule has 0 aliphatic heterocycles. The first-order chi connectivity index (χ1) is 37.0. The summed E-state index contributed by atoms with van der Waals surface area (Å²) < 4.78 is 16.8. The van der Waals surface area contributed by atoms with Crippen LogP contribution in [0.3, 0.4) is 0 Å². The van der Waals surface area contributed by atoms with Crippen molar-refractivity contribution in [1.82, 2.24) is 0 Å². The largest absolute Gasteiger partial charge is 0.462 e. The zero-order valence-corrected chi connectivity index (χ0v) is 48.0. The molecule has 0 rings (SSSR count). The van der Waals surface area contributed by atoms with Gasteiger partial charge in [0.15, 0.2) is 6.10 Å². The summed E-state index contributed by atoms with van der Waals surface area (Å²) in [5.74, 6) is -1.00. The van der Waals surface area contributed by atoms with E-state index >= 15 is 0 Å². The van der Waals surface area contributed by atoms with E-state index < -0.39 is 6.10 Å². The summed E-state index contributed by atoms with van der Waals surface area (Å²) in [6.45, 7) is 6.27. The molecule has 0 aliphatic rings. The Morgan fingerprint density at radius 3 is 0.853 bits per heavy atom. The smallest absolute Gasteiger partial charge is 0.306 e. The van der Waals surface area contributed by atoms with Crippen LogP contribution in [0.2, 0.25) is 0 Å². The number of esters is 3. The lowest BCUT2D eigenvalue weighted by atomic mass is 10.1. The first-order valence-corrected chi connectivity index (χ1v) is 30.0. The molecule has 6 heteroatoms. The van der Waals surface area contributed by atoms with E-state index in [1.165, 1.54) is 38.5 Å². The van der Waals surface area contributed by atoms with E-state index in [1.807, 2.05) is 0 Å². The number of carbonyl (C=O) groups is 3. The van der Waals surface area contributed by atoms with Crippen molar-refractivity contribution in [2.24, 2.45) is 0 Å². The lowest BCUT2D eigenvalue weighted by molar-refractivity contribution is -0.167. The monoisotopic (exact) mass is 1030 g/mol. The fraction of sp³-hybridized carbons (Fsp3) is 0.580. The summed E-state index contributed by atoms with van der Waals surface area (Å²) in [6.07, 6.45) is 89.6. The molecule has 0 spiro atoms. The zero-order chi connectivity index (χ0) is 54.3. The number of unbranched alkanes of at least 4 members (excludes halogenated alkanes) is 15. The molecular weight excluding hydrogens is 925 g/mol. The molecule has 0 aromatic carbocycles. The van der Waals surface area contributed by atoms with Gasteiger partial charge in [-0.15, -0.1) is 0 Å². The lowest BCUT2D eigenvalue weighted by Crippen LogP contribution is -2.30. The predicted molar refractivity (Wildman–Crippen MR) is 325 cm³/mol. The van der Waals surface area contributed by atoms with Crippen molar-refractivity contribution in [3.8, 4) is 0 Å². The molecule has 420 valence electrons. The third-order valence-corrected chi connectivity index (χ3v) is 12.0. The molecule has 75 heavy (non-hydrogen) atoms. The van der Waals surface area contributed by atoms with Gasteiger partial charge in [0.1, 0.15) is 13.2 Å². The highest BCUT2D eigenvalue weighted by molar-refractivity contribution is 5.71. The fourth-order valence-corrected chi connectivity index (χ4v) is 7.58. The normalized spacial score (nSPS) is 13.3. The van der Waals surface area contributed by atoms with E-state index in [0.717, 1.165) is 154 Å². The molecule has 6 nitrogen and oxygen atoms in total. The second-order valence-corrected chi connectivity index (χ2v) is 19.1. The van der Waals surface area contributed by atoms with E-state index in [0.29, 0.717) is 19.3 Å². The van der Waals surface area contributed by atoms with E-state index in [9.17, 15) is 14.4 Å². The predicted octanol–water partition coefficient (Wildman–Crippen LogP) is 20.5. The second-order valence-electron chi connectivity index (χ2n) is 19.1. The number of carbonyl (C=O) groups excluding carboxylic acids is 3. The summed E-state index contributed by atoms with van der Waals surface area (Å²) in [4.78, 5) is 38.2. The van der Waals surface area contributed by atoms with Gasteiger partial charge in [-0.1, -0.05) is 243 Å². The van der Waals surface area contributed by atoms with Crippen LogP contribution in [0.4, 0.5) is 0 Å². The van der Waals surface area contributed by atoms with Gasteiger partial charge in [-0.05, 0) is 135 Å². The third kappa shape index (κ3) is 59.8. The Kier molecular flexibility index (Phi) is 57.5. The number of hydrogen-bond acceptors (Lipinski definition) is 6. The molecule has 0 N–H and O–H groups in total. The molecule has 0 saturated carbocycles. The van der Waals surface area contributed by atoms with Crippen LogP contribution >= 0.6 is 0 Å². The molecule has 0 radical (unpaired) electrons. The van der Waals surface area contributed by atoms with Crippen molar-refractivity contribution in [3.63, 3.8) is 0 Å². The van der Waals surface area contributed by atoms with Crippen molar-refractivity contribution < 1.29 is 28.6 Å². The summed E-state index contributed by atoms with van der Waals surface area (Å²) in [5.41, 5.74) is 0. The maximum atomic E-state index is 12.8. The van der Waals surface area contributed by atoms with Crippen LogP contribution in [0.25, 0.3) is 0 Å². The van der Waals surface area contributed by atoms with Gasteiger partial charge in [0.05, 0.1) is 0 Å². The Bertz CT molecular complexity index is 1710. The van der Waals surface area contributed by atoms with E-state index in [4.69, 9.17) is 14.2 Å². The standard InChI is InChI=1S/C69H108O6/c1-4-7-10-13-16-19-22-25-27-29-30-31-32-33-34-35-36-37-38-40-41-44-47-50-53-56-59-62-68(71)74-65-66(64-73-67(70)61-58-55-52-49-46-43-24-21-18-15-12-9-6-3)75-69(72)63-60-57-54-51-48-45-42-39-28-26-23-20-17-14-11-8-5-2/h7-8,10-12,15-17,19-21,24-28,30-31,33-34,36-37,42,45,51,54,66H,4-6,9,13-14,18,22-23,29,32,35,38-41,43-44,46-50,52-53,55-65H2,1-3H3/b10-7-,11-8-,15-12-,19-16-,20-17-,24-21-,27-25-,28-26-,31-30-,34-33-,37-36-,45-42-,54-51-. The van der Waals surface area contributed by atoms with Gasteiger partial charge < -0.3 is 14.2 Å². The first kappa shape index (κ1) is 70.0. The van der Waals surface area contributed by atoms with Gasteiger partial charge in [-0.2, -0.15) is 0 Å². The fourth-order valence-electron chi connectivity index (χ4n) is 7.58. The third-order valence-electron chi connectivity index (χ3n) is 12.0. The highest BCUT2D eigenvalue weighted by Crippen LogP contribution is 2.13.